The summed E-state index contributed by atoms with van der Waals surface area (Å²) in [5, 5.41) is 0. The van der Waals surface area contributed by atoms with Crippen molar-refractivity contribution in [1.82, 2.24) is 4.98 Å². The van der Waals surface area contributed by atoms with E-state index in [0.717, 1.165) is 11.3 Å². The van der Waals surface area contributed by atoms with Crippen molar-refractivity contribution in [3.8, 4) is 0 Å². The Morgan fingerprint density at radius 3 is 2.67 bits per heavy atom. The summed E-state index contributed by atoms with van der Waals surface area (Å²) in [7, 11) is 0. The lowest BCUT2D eigenvalue weighted by Crippen LogP contribution is -2.04. The minimum Gasteiger partial charge on any atom is -0.291 e. The molecule has 0 saturated heterocycles. The minimum atomic E-state index is -0.122. The number of nitrogens with zero attached hydrogens (tertiary/aromatic N) is 1. The highest BCUT2D eigenvalue weighted by Crippen LogP contribution is 2.05. The van der Waals surface area contributed by atoms with Crippen LogP contribution in [0, 0.1) is 13.8 Å². The van der Waals surface area contributed by atoms with Crippen LogP contribution in [-0.4, -0.2) is 16.6 Å². The lowest BCUT2D eigenvalue weighted by Gasteiger charge is -2.00. The van der Waals surface area contributed by atoms with Gasteiger partial charge in [0.15, 0.2) is 5.78 Å². The van der Waals surface area contributed by atoms with Gasteiger partial charge in [-0.25, -0.2) is 4.98 Å². The highest BCUT2D eigenvalue weighted by Gasteiger charge is 2.05. The summed E-state index contributed by atoms with van der Waals surface area (Å²) >= 11 is 5.40. The van der Waals surface area contributed by atoms with Crippen molar-refractivity contribution < 1.29 is 4.79 Å². The SMILES string of the molecule is Cc1cc(C)nc(C(=O)CCl)c1. The van der Waals surface area contributed by atoms with Gasteiger partial charge in [0.2, 0.25) is 0 Å². The molecular formula is C9H10ClNO. The maximum Gasteiger partial charge on any atom is 0.195 e. The van der Waals surface area contributed by atoms with Crippen LogP contribution in [0.25, 0.3) is 0 Å². The first kappa shape index (κ1) is 9.20. The zero-order valence-electron chi connectivity index (χ0n) is 7.10. The third-order valence-electron chi connectivity index (χ3n) is 1.50. The van der Waals surface area contributed by atoms with E-state index < -0.39 is 0 Å². The number of halogens is 1. The second-order valence-corrected chi connectivity index (χ2v) is 3.00. The maximum atomic E-state index is 11.1. The molecule has 0 saturated carbocycles. The number of pyridine rings is 1. The molecule has 12 heavy (non-hydrogen) atoms. The van der Waals surface area contributed by atoms with Gasteiger partial charge in [0.25, 0.3) is 0 Å². The second kappa shape index (κ2) is 3.68. The first-order chi connectivity index (χ1) is 5.63. The Balaban J connectivity index is 3.08. The molecule has 0 aliphatic heterocycles. The topological polar surface area (TPSA) is 30.0 Å². The molecule has 0 bridgehead atoms. The molecule has 1 aromatic rings. The van der Waals surface area contributed by atoms with Crippen molar-refractivity contribution >= 4 is 17.4 Å². The van der Waals surface area contributed by atoms with Crippen LogP contribution in [0.2, 0.25) is 0 Å². The third-order valence-corrected chi connectivity index (χ3v) is 1.75. The normalized spacial score (nSPS) is 9.92. The van der Waals surface area contributed by atoms with Gasteiger partial charge in [-0.2, -0.15) is 0 Å². The summed E-state index contributed by atoms with van der Waals surface area (Å²) in [6.45, 7) is 3.79. The van der Waals surface area contributed by atoms with Crippen LogP contribution in [-0.2, 0) is 0 Å². The number of hydrogen-bond donors (Lipinski definition) is 0. The fourth-order valence-corrected chi connectivity index (χ4v) is 1.19. The predicted molar refractivity (Wildman–Crippen MR) is 48.8 cm³/mol. The predicted octanol–water partition coefficient (Wildman–Crippen LogP) is 2.12. The molecule has 0 unspecified atom stereocenters. The number of carbonyl (C=O) groups is 1. The van der Waals surface area contributed by atoms with Gasteiger partial charge in [-0.15, -0.1) is 11.6 Å². The molecule has 0 N–H and O–H groups in total. The zero-order chi connectivity index (χ0) is 9.14. The molecule has 64 valence electrons. The lowest BCUT2D eigenvalue weighted by molar-refractivity contribution is 0.101. The third kappa shape index (κ3) is 2.05. The van der Waals surface area contributed by atoms with E-state index in [-0.39, 0.29) is 11.7 Å². The summed E-state index contributed by atoms with van der Waals surface area (Å²) in [6.07, 6.45) is 0. The highest BCUT2D eigenvalue weighted by molar-refractivity contribution is 6.30. The van der Waals surface area contributed by atoms with E-state index in [1.807, 2.05) is 19.9 Å². The van der Waals surface area contributed by atoms with E-state index in [9.17, 15) is 4.79 Å². The van der Waals surface area contributed by atoms with Crippen molar-refractivity contribution in [1.29, 1.82) is 0 Å². The number of rotatable bonds is 2. The van der Waals surface area contributed by atoms with Crippen LogP contribution in [0.5, 0.6) is 0 Å². The molecule has 0 radical (unpaired) electrons. The Bertz CT molecular complexity index is 289. The molecule has 2 nitrogen and oxygen atoms in total. The largest absolute Gasteiger partial charge is 0.291 e. The van der Waals surface area contributed by atoms with Gasteiger partial charge < -0.3 is 0 Å². The van der Waals surface area contributed by atoms with Gasteiger partial charge in [0.1, 0.15) is 5.69 Å². The number of alkyl halides is 1. The van der Waals surface area contributed by atoms with E-state index in [1.54, 1.807) is 6.07 Å². The monoisotopic (exact) mass is 183 g/mol. The quantitative estimate of drug-likeness (QED) is 0.519. The van der Waals surface area contributed by atoms with Gasteiger partial charge in [-0.1, -0.05) is 0 Å². The van der Waals surface area contributed by atoms with E-state index in [4.69, 9.17) is 11.6 Å². The minimum absolute atomic E-state index is 0.00407. The molecule has 0 atom stereocenters. The fourth-order valence-electron chi connectivity index (χ4n) is 1.05. The smallest absolute Gasteiger partial charge is 0.195 e. The van der Waals surface area contributed by atoms with Crippen molar-refractivity contribution in [3.63, 3.8) is 0 Å². The Hall–Kier alpha value is -0.890. The molecular weight excluding hydrogens is 174 g/mol. The molecule has 0 aliphatic carbocycles. The molecule has 1 rings (SSSR count). The van der Waals surface area contributed by atoms with Crippen LogP contribution in [0.1, 0.15) is 21.7 Å². The van der Waals surface area contributed by atoms with Crippen LogP contribution >= 0.6 is 11.6 Å². The van der Waals surface area contributed by atoms with E-state index >= 15 is 0 Å². The van der Waals surface area contributed by atoms with Gasteiger partial charge in [-0.3, -0.25) is 4.79 Å². The number of Topliss-reactive ketones (excluding diaryl/α,β-unsaturated/α-hetero) is 1. The van der Waals surface area contributed by atoms with Crippen molar-refractivity contribution in [2.75, 3.05) is 5.88 Å². The summed E-state index contributed by atoms with van der Waals surface area (Å²) in [5.74, 6) is -0.126. The molecule has 0 aliphatic rings. The van der Waals surface area contributed by atoms with Gasteiger partial charge in [-0.05, 0) is 31.5 Å². The summed E-state index contributed by atoms with van der Waals surface area (Å²) < 4.78 is 0. The molecule has 3 heteroatoms. The number of hydrogen-bond acceptors (Lipinski definition) is 2. The number of aromatic nitrogens is 1. The average Bonchev–Trinajstić information content (AvgIpc) is 2.01. The van der Waals surface area contributed by atoms with Crippen LogP contribution in [0.15, 0.2) is 12.1 Å². The Morgan fingerprint density at radius 2 is 2.17 bits per heavy atom. The van der Waals surface area contributed by atoms with E-state index in [2.05, 4.69) is 4.98 Å². The molecule has 0 aromatic carbocycles. The van der Waals surface area contributed by atoms with Gasteiger partial charge in [0.05, 0.1) is 5.88 Å². The van der Waals surface area contributed by atoms with Gasteiger partial charge >= 0.3 is 0 Å². The van der Waals surface area contributed by atoms with E-state index in [0.29, 0.717) is 5.69 Å². The average molecular weight is 184 g/mol. The standard InChI is InChI=1S/C9H10ClNO/c1-6-3-7(2)11-8(4-6)9(12)5-10/h3-4H,5H2,1-2H3. The Labute approximate surface area is 76.6 Å². The van der Waals surface area contributed by atoms with Crippen LogP contribution < -0.4 is 0 Å². The Morgan fingerprint density at radius 1 is 1.50 bits per heavy atom. The van der Waals surface area contributed by atoms with Crippen LogP contribution in [0.3, 0.4) is 0 Å². The Kier molecular flexibility index (Phi) is 2.82. The van der Waals surface area contributed by atoms with Gasteiger partial charge in [0, 0.05) is 5.69 Å². The molecule has 0 amide bonds. The first-order valence-electron chi connectivity index (χ1n) is 3.68. The first-order valence-corrected chi connectivity index (χ1v) is 4.21. The molecule has 1 aromatic heterocycles. The zero-order valence-corrected chi connectivity index (χ0v) is 7.85. The molecule has 0 fully saturated rings. The molecule has 0 spiro atoms. The second-order valence-electron chi connectivity index (χ2n) is 2.73. The summed E-state index contributed by atoms with van der Waals surface area (Å²) in [4.78, 5) is 15.2. The van der Waals surface area contributed by atoms with Crippen molar-refractivity contribution in [2.45, 2.75) is 13.8 Å². The van der Waals surface area contributed by atoms with E-state index in [1.165, 1.54) is 0 Å². The van der Waals surface area contributed by atoms with Crippen LogP contribution in [0.4, 0.5) is 0 Å². The maximum absolute atomic E-state index is 11.1. The lowest BCUT2D eigenvalue weighted by atomic mass is 10.2. The highest BCUT2D eigenvalue weighted by atomic mass is 35.5. The fraction of sp³-hybridized carbons (Fsp3) is 0.333. The van der Waals surface area contributed by atoms with Crippen molar-refractivity contribution in [3.05, 3.63) is 29.1 Å². The summed E-state index contributed by atoms with van der Waals surface area (Å²) in [6, 6.07) is 3.67. The number of ketones is 1. The summed E-state index contributed by atoms with van der Waals surface area (Å²) in [5.41, 5.74) is 2.35. The number of aryl methyl sites for hydroxylation is 2. The number of carbonyl (C=O) groups excluding carboxylic acids is 1. The molecule has 1 heterocycles. The van der Waals surface area contributed by atoms with Crippen molar-refractivity contribution in [2.24, 2.45) is 0 Å².